The summed E-state index contributed by atoms with van der Waals surface area (Å²) in [7, 11) is -3.58. The predicted octanol–water partition coefficient (Wildman–Crippen LogP) is 2.48. The molecule has 0 heterocycles. The van der Waals surface area contributed by atoms with Crippen LogP contribution in [0.4, 0.5) is 14.5 Å². The van der Waals surface area contributed by atoms with Gasteiger partial charge in [0.25, 0.3) is 0 Å². The summed E-state index contributed by atoms with van der Waals surface area (Å²) >= 11 is 0. The lowest BCUT2D eigenvalue weighted by Crippen LogP contribution is -2.39. The van der Waals surface area contributed by atoms with Crippen LogP contribution in [0, 0.1) is 11.6 Å². The van der Waals surface area contributed by atoms with Crippen LogP contribution in [0.25, 0.3) is 0 Å². The number of carbonyl (C=O) groups is 1. The van der Waals surface area contributed by atoms with E-state index in [0.29, 0.717) is 6.42 Å². The number of nitrogens with zero attached hydrogens (tertiary/aromatic N) is 1. The zero-order chi connectivity index (χ0) is 19.2. The Morgan fingerprint density at radius 2 is 1.65 bits per heavy atom. The average Bonchev–Trinajstić information content (AvgIpc) is 2.59. The largest absolute Gasteiger partial charge is 0.306 e. The van der Waals surface area contributed by atoms with Crippen LogP contribution < -0.4 is 9.62 Å². The molecule has 0 atom stereocenters. The minimum absolute atomic E-state index is 0.120. The Labute approximate surface area is 151 Å². The highest BCUT2D eigenvalue weighted by molar-refractivity contribution is 7.89. The molecule has 140 valence electrons. The lowest BCUT2D eigenvalue weighted by molar-refractivity contribution is -0.116. The fourth-order valence-electron chi connectivity index (χ4n) is 2.46. The number of sulfonamides is 1. The molecule has 0 saturated carbocycles. The second-order valence-corrected chi connectivity index (χ2v) is 7.62. The summed E-state index contributed by atoms with van der Waals surface area (Å²) in [6, 6.07) is 12.4. The van der Waals surface area contributed by atoms with Crippen LogP contribution in [0.3, 0.4) is 0 Å². The molecular formula is C18H20F2N2O3S. The van der Waals surface area contributed by atoms with E-state index in [4.69, 9.17) is 0 Å². The fourth-order valence-corrected chi connectivity index (χ4v) is 3.51. The maximum absolute atomic E-state index is 13.9. The molecule has 0 fully saturated rings. The molecule has 0 aliphatic carbocycles. The summed E-state index contributed by atoms with van der Waals surface area (Å²) in [5, 5.41) is 0. The monoisotopic (exact) mass is 382 g/mol. The highest BCUT2D eigenvalue weighted by Gasteiger charge is 2.20. The van der Waals surface area contributed by atoms with Crippen LogP contribution in [0.2, 0.25) is 0 Å². The van der Waals surface area contributed by atoms with Crippen molar-refractivity contribution in [3.8, 4) is 0 Å². The zero-order valence-corrected chi connectivity index (χ0v) is 15.1. The number of carbonyl (C=O) groups excluding carboxylic acids is 1. The molecule has 2 aromatic carbocycles. The summed E-state index contributed by atoms with van der Waals surface area (Å²) in [6.07, 6.45) is 0.342. The van der Waals surface area contributed by atoms with Gasteiger partial charge >= 0.3 is 0 Å². The van der Waals surface area contributed by atoms with E-state index in [9.17, 15) is 22.0 Å². The zero-order valence-electron chi connectivity index (χ0n) is 14.3. The standard InChI is InChI=1S/C18H20F2N2O3S/c1-14(23)22(18-16(19)8-5-9-17(18)20)12-11-21-26(24,25)13-10-15-6-3-2-4-7-15/h2-9,21H,10-13H2,1H3. The van der Waals surface area contributed by atoms with Crippen molar-refractivity contribution in [3.63, 3.8) is 0 Å². The van der Waals surface area contributed by atoms with Crippen LogP contribution in [0.1, 0.15) is 12.5 Å². The molecular weight excluding hydrogens is 362 g/mol. The number of benzene rings is 2. The van der Waals surface area contributed by atoms with Gasteiger partial charge in [0.2, 0.25) is 15.9 Å². The Kier molecular flexibility index (Phi) is 6.82. The van der Waals surface area contributed by atoms with Crippen molar-refractivity contribution in [1.29, 1.82) is 0 Å². The molecule has 1 N–H and O–H groups in total. The van der Waals surface area contributed by atoms with Crippen molar-refractivity contribution >= 4 is 21.6 Å². The van der Waals surface area contributed by atoms with Crippen LogP contribution in [0.5, 0.6) is 0 Å². The predicted molar refractivity (Wildman–Crippen MR) is 96.3 cm³/mol. The van der Waals surface area contributed by atoms with Gasteiger partial charge in [0.1, 0.15) is 17.3 Å². The molecule has 1 amide bonds. The summed E-state index contributed by atoms with van der Waals surface area (Å²) in [5.74, 6) is -2.47. The van der Waals surface area contributed by atoms with Crippen LogP contribution in [0.15, 0.2) is 48.5 Å². The van der Waals surface area contributed by atoms with Gasteiger partial charge in [-0.05, 0) is 24.1 Å². The number of anilines is 1. The molecule has 0 unspecified atom stereocenters. The number of aryl methyl sites for hydroxylation is 1. The van der Waals surface area contributed by atoms with E-state index in [1.165, 1.54) is 6.07 Å². The molecule has 0 bridgehead atoms. The highest BCUT2D eigenvalue weighted by Crippen LogP contribution is 2.23. The SMILES string of the molecule is CC(=O)N(CCNS(=O)(=O)CCc1ccccc1)c1c(F)cccc1F. The molecule has 26 heavy (non-hydrogen) atoms. The quantitative estimate of drug-likeness (QED) is 0.763. The first kappa shape index (κ1) is 20.0. The van der Waals surface area contributed by atoms with Crippen molar-refractivity contribution < 1.29 is 22.0 Å². The van der Waals surface area contributed by atoms with E-state index in [1.807, 2.05) is 30.3 Å². The molecule has 0 aliphatic rings. The third-order valence-electron chi connectivity index (χ3n) is 3.75. The molecule has 8 heteroatoms. The van der Waals surface area contributed by atoms with Gasteiger partial charge in [0.15, 0.2) is 0 Å². The summed E-state index contributed by atoms with van der Waals surface area (Å²) in [6.45, 7) is 0.831. The molecule has 0 aromatic heterocycles. The van der Waals surface area contributed by atoms with Crippen molar-refractivity contribution in [3.05, 3.63) is 65.7 Å². The number of amides is 1. The first-order chi connectivity index (χ1) is 12.3. The second-order valence-electron chi connectivity index (χ2n) is 5.69. The minimum Gasteiger partial charge on any atom is -0.306 e. The first-order valence-corrected chi connectivity index (χ1v) is 9.69. The highest BCUT2D eigenvalue weighted by atomic mass is 32.2. The van der Waals surface area contributed by atoms with Gasteiger partial charge in [-0.2, -0.15) is 0 Å². The number of hydrogen-bond acceptors (Lipinski definition) is 3. The maximum Gasteiger partial charge on any atom is 0.224 e. The van der Waals surface area contributed by atoms with Gasteiger partial charge < -0.3 is 4.90 Å². The lowest BCUT2D eigenvalue weighted by atomic mass is 10.2. The number of hydrogen-bond donors (Lipinski definition) is 1. The van der Waals surface area contributed by atoms with Gasteiger partial charge in [-0.25, -0.2) is 21.9 Å². The van der Waals surface area contributed by atoms with Crippen molar-refractivity contribution in [2.75, 3.05) is 23.7 Å². The first-order valence-electron chi connectivity index (χ1n) is 8.03. The Balaban J connectivity index is 1.96. The average molecular weight is 382 g/mol. The van der Waals surface area contributed by atoms with Gasteiger partial charge in [0.05, 0.1) is 5.75 Å². The van der Waals surface area contributed by atoms with Crippen molar-refractivity contribution in [2.45, 2.75) is 13.3 Å². The van der Waals surface area contributed by atoms with Crippen molar-refractivity contribution in [1.82, 2.24) is 4.72 Å². The molecule has 0 radical (unpaired) electrons. The fraction of sp³-hybridized carbons (Fsp3) is 0.278. The molecule has 0 saturated heterocycles. The minimum atomic E-state index is -3.58. The Morgan fingerprint density at radius 3 is 2.23 bits per heavy atom. The Bertz CT molecular complexity index is 838. The smallest absolute Gasteiger partial charge is 0.224 e. The van der Waals surface area contributed by atoms with Crippen LogP contribution >= 0.6 is 0 Å². The normalized spacial score (nSPS) is 11.3. The third kappa shape index (κ3) is 5.60. The molecule has 2 aromatic rings. The number of nitrogens with one attached hydrogen (secondary N) is 1. The summed E-state index contributed by atoms with van der Waals surface area (Å²) in [5.41, 5.74) is 0.403. The van der Waals surface area contributed by atoms with Gasteiger partial charge in [-0.1, -0.05) is 36.4 Å². The maximum atomic E-state index is 13.9. The summed E-state index contributed by atoms with van der Waals surface area (Å²) in [4.78, 5) is 12.6. The van der Waals surface area contributed by atoms with Crippen LogP contribution in [-0.2, 0) is 21.2 Å². The molecule has 2 rings (SSSR count). The van der Waals surface area contributed by atoms with Crippen molar-refractivity contribution in [2.24, 2.45) is 0 Å². The van der Waals surface area contributed by atoms with E-state index in [2.05, 4.69) is 4.72 Å². The third-order valence-corrected chi connectivity index (χ3v) is 5.13. The van der Waals surface area contributed by atoms with E-state index in [0.717, 1.165) is 29.5 Å². The number of para-hydroxylation sites is 1. The van der Waals surface area contributed by atoms with Gasteiger partial charge in [0, 0.05) is 20.0 Å². The molecule has 5 nitrogen and oxygen atoms in total. The van der Waals surface area contributed by atoms with Crippen LogP contribution in [-0.4, -0.2) is 33.2 Å². The van der Waals surface area contributed by atoms with E-state index < -0.39 is 33.3 Å². The van der Waals surface area contributed by atoms with E-state index in [-0.39, 0.29) is 18.8 Å². The lowest BCUT2D eigenvalue weighted by Gasteiger charge is -2.22. The van der Waals surface area contributed by atoms with Gasteiger partial charge in [-0.3, -0.25) is 4.79 Å². The number of halogens is 2. The van der Waals surface area contributed by atoms with E-state index >= 15 is 0 Å². The second kappa shape index (κ2) is 8.86. The topological polar surface area (TPSA) is 66.5 Å². The Morgan fingerprint density at radius 1 is 1.04 bits per heavy atom. The Hall–Kier alpha value is -2.32. The molecule has 0 spiro atoms. The molecule has 0 aliphatic heterocycles. The summed E-state index contributed by atoms with van der Waals surface area (Å²) < 4.78 is 54.2. The number of rotatable bonds is 8. The van der Waals surface area contributed by atoms with E-state index in [1.54, 1.807) is 0 Å². The van der Waals surface area contributed by atoms with Gasteiger partial charge in [-0.15, -0.1) is 0 Å².